The summed E-state index contributed by atoms with van der Waals surface area (Å²) >= 11 is 0. The first-order valence-electron chi connectivity index (χ1n) is 6.92. The highest BCUT2D eigenvalue weighted by atomic mass is 16.3. The van der Waals surface area contributed by atoms with Gasteiger partial charge in [-0.15, -0.1) is 0 Å². The van der Waals surface area contributed by atoms with Crippen LogP contribution < -0.4 is 5.32 Å². The molecule has 0 fully saturated rings. The maximum atomic E-state index is 12.5. The molecule has 1 aliphatic heterocycles. The third-order valence-electron chi connectivity index (χ3n) is 4.05. The van der Waals surface area contributed by atoms with E-state index in [-0.39, 0.29) is 12.3 Å². The minimum absolute atomic E-state index is 0.0908. The van der Waals surface area contributed by atoms with E-state index in [1.54, 1.807) is 36.4 Å². The van der Waals surface area contributed by atoms with E-state index in [2.05, 4.69) is 5.32 Å². The molecule has 1 amide bonds. The SMILES string of the molecule is O=C1CC(c2ccco2)C2=C(N1)c1ccccc1C(=O)C2=O. The second kappa shape index (κ2) is 4.53. The minimum Gasteiger partial charge on any atom is -0.469 e. The van der Waals surface area contributed by atoms with Crippen LogP contribution in [0.2, 0.25) is 0 Å². The number of ketones is 2. The van der Waals surface area contributed by atoms with E-state index in [0.717, 1.165) is 0 Å². The van der Waals surface area contributed by atoms with Crippen LogP contribution in [0.3, 0.4) is 0 Å². The summed E-state index contributed by atoms with van der Waals surface area (Å²) in [6.07, 6.45) is 1.58. The third kappa shape index (κ3) is 1.69. The molecule has 0 saturated heterocycles. The van der Waals surface area contributed by atoms with E-state index >= 15 is 0 Å². The van der Waals surface area contributed by atoms with Crippen molar-refractivity contribution in [2.24, 2.45) is 0 Å². The largest absolute Gasteiger partial charge is 0.469 e. The molecule has 4 rings (SSSR count). The lowest BCUT2D eigenvalue weighted by Crippen LogP contribution is -2.39. The van der Waals surface area contributed by atoms with Crippen molar-refractivity contribution in [3.8, 4) is 0 Å². The molecule has 5 nitrogen and oxygen atoms in total. The Hall–Kier alpha value is -2.95. The Kier molecular flexibility index (Phi) is 2.63. The van der Waals surface area contributed by atoms with Crippen LogP contribution in [0.4, 0.5) is 0 Å². The number of furan rings is 1. The van der Waals surface area contributed by atoms with Crippen molar-refractivity contribution in [1.82, 2.24) is 5.32 Å². The first kappa shape index (κ1) is 12.8. The fourth-order valence-corrected chi connectivity index (χ4v) is 3.08. The fraction of sp³-hybridized carbons (Fsp3) is 0.118. The third-order valence-corrected chi connectivity index (χ3v) is 4.05. The van der Waals surface area contributed by atoms with Crippen LogP contribution in [-0.4, -0.2) is 17.5 Å². The second-order valence-electron chi connectivity index (χ2n) is 5.31. The second-order valence-corrected chi connectivity index (χ2v) is 5.31. The smallest absolute Gasteiger partial charge is 0.233 e. The molecule has 0 spiro atoms. The lowest BCUT2D eigenvalue weighted by atomic mass is 9.77. The Labute approximate surface area is 125 Å². The Balaban J connectivity index is 1.99. The predicted molar refractivity (Wildman–Crippen MR) is 76.9 cm³/mol. The minimum atomic E-state index is -0.574. The van der Waals surface area contributed by atoms with Gasteiger partial charge in [0, 0.05) is 23.1 Å². The summed E-state index contributed by atoms with van der Waals surface area (Å²) in [4.78, 5) is 36.9. The van der Waals surface area contributed by atoms with Crippen molar-refractivity contribution >= 4 is 23.2 Å². The Morgan fingerprint density at radius 2 is 1.73 bits per heavy atom. The number of hydrogen-bond donors (Lipinski definition) is 1. The van der Waals surface area contributed by atoms with E-state index in [1.165, 1.54) is 6.26 Å². The lowest BCUT2D eigenvalue weighted by molar-refractivity contribution is -0.120. The molecule has 22 heavy (non-hydrogen) atoms. The summed E-state index contributed by atoms with van der Waals surface area (Å²) < 4.78 is 5.36. The van der Waals surface area contributed by atoms with Gasteiger partial charge in [0.25, 0.3) is 0 Å². The van der Waals surface area contributed by atoms with Crippen molar-refractivity contribution in [3.05, 3.63) is 65.1 Å². The molecule has 1 aromatic carbocycles. The van der Waals surface area contributed by atoms with Gasteiger partial charge in [0.15, 0.2) is 0 Å². The van der Waals surface area contributed by atoms with Crippen molar-refractivity contribution in [1.29, 1.82) is 0 Å². The van der Waals surface area contributed by atoms with Gasteiger partial charge in [0.2, 0.25) is 17.5 Å². The Morgan fingerprint density at radius 3 is 2.45 bits per heavy atom. The molecule has 1 aromatic heterocycles. The number of carbonyl (C=O) groups excluding carboxylic acids is 3. The average Bonchev–Trinajstić information content (AvgIpc) is 3.06. The molecule has 5 heteroatoms. The van der Waals surface area contributed by atoms with E-state index < -0.39 is 17.5 Å². The van der Waals surface area contributed by atoms with Crippen LogP contribution >= 0.6 is 0 Å². The molecule has 2 heterocycles. The van der Waals surface area contributed by atoms with Crippen LogP contribution in [0.25, 0.3) is 5.70 Å². The summed E-state index contributed by atoms with van der Waals surface area (Å²) in [7, 11) is 0. The fourth-order valence-electron chi connectivity index (χ4n) is 3.08. The lowest BCUT2D eigenvalue weighted by Gasteiger charge is -2.30. The molecule has 2 aromatic rings. The highest BCUT2D eigenvalue weighted by Crippen LogP contribution is 2.40. The molecule has 1 unspecified atom stereocenters. The number of rotatable bonds is 1. The zero-order valence-corrected chi connectivity index (χ0v) is 11.5. The molecule has 0 bridgehead atoms. The Morgan fingerprint density at radius 1 is 0.955 bits per heavy atom. The summed E-state index contributed by atoms with van der Waals surface area (Å²) in [6.45, 7) is 0. The molecule has 0 radical (unpaired) electrons. The molecule has 1 N–H and O–H groups in total. The summed E-state index contributed by atoms with van der Waals surface area (Å²) in [5.74, 6) is -1.32. The monoisotopic (exact) mass is 293 g/mol. The van der Waals surface area contributed by atoms with Crippen molar-refractivity contribution in [2.45, 2.75) is 12.3 Å². The van der Waals surface area contributed by atoms with Gasteiger partial charge in [-0.3, -0.25) is 14.4 Å². The van der Waals surface area contributed by atoms with E-state index in [9.17, 15) is 14.4 Å². The first-order chi connectivity index (χ1) is 10.7. The van der Waals surface area contributed by atoms with Gasteiger partial charge in [0.05, 0.1) is 17.9 Å². The van der Waals surface area contributed by atoms with Gasteiger partial charge >= 0.3 is 0 Å². The van der Waals surface area contributed by atoms with E-state index in [0.29, 0.717) is 28.2 Å². The number of Topliss-reactive ketones (excluding diaryl/α,β-unsaturated/α-hetero) is 2. The van der Waals surface area contributed by atoms with Crippen LogP contribution in [-0.2, 0) is 9.59 Å². The quantitative estimate of drug-likeness (QED) is 0.816. The van der Waals surface area contributed by atoms with Gasteiger partial charge < -0.3 is 9.73 Å². The zero-order chi connectivity index (χ0) is 15.3. The molecule has 1 atom stereocenters. The van der Waals surface area contributed by atoms with E-state index in [4.69, 9.17) is 4.42 Å². The molecule has 1 aliphatic carbocycles. The summed E-state index contributed by atoms with van der Waals surface area (Å²) in [6, 6.07) is 10.2. The highest BCUT2D eigenvalue weighted by Gasteiger charge is 2.42. The normalized spacial score (nSPS) is 20.5. The molecular formula is C17H11NO4. The molecule has 2 aliphatic rings. The van der Waals surface area contributed by atoms with Gasteiger partial charge in [-0.25, -0.2) is 0 Å². The maximum absolute atomic E-state index is 12.5. The summed E-state index contributed by atoms with van der Waals surface area (Å²) in [5, 5.41) is 2.74. The molecule has 0 saturated carbocycles. The maximum Gasteiger partial charge on any atom is 0.233 e. The number of amides is 1. The number of hydrogen-bond acceptors (Lipinski definition) is 4. The number of benzene rings is 1. The van der Waals surface area contributed by atoms with Gasteiger partial charge in [-0.1, -0.05) is 24.3 Å². The summed E-state index contributed by atoms with van der Waals surface area (Å²) in [5.41, 5.74) is 1.66. The first-order valence-corrected chi connectivity index (χ1v) is 6.92. The average molecular weight is 293 g/mol. The van der Waals surface area contributed by atoms with E-state index in [1.807, 2.05) is 0 Å². The standard InChI is InChI=1S/C17H11NO4/c19-13-8-11(12-6-3-7-22-12)14-15(18-13)9-4-1-2-5-10(9)16(20)17(14)21/h1-7,11H,8H2,(H,18,19). The molecule has 108 valence electrons. The van der Waals surface area contributed by atoms with Gasteiger partial charge in [0.1, 0.15) is 5.76 Å². The highest BCUT2D eigenvalue weighted by molar-refractivity contribution is 6.53. The number of carbonyl (C=O) groups is 3. The van der Waals surface area contributed by atoms with Crippen LogP contribution in [0, 0.1) is 0 Å². The van der Waals surface area contributed by atoms with Crippen molar-refractivity contribution < 1.29 is 18.8 Å². The van der Waals surface area contributed by atoms with Gasteiger partial charge in [-0.2, -0.15) is 0 Å². The van der Waals surface area contributed by atoms with Crippen LogP contribution in [0.15, 0.2) is 52.7 Å². The van der Waals surface area contributed by atoms with Crippen molar-refractivity contribution in [3.63, 3.8) is 0 Å². The number of nitrogens with one attached hydrogen (secondary N) is 1. The van der Waals surface area contributed by atoms with Gasteiger partial charge in [-0.05, 0) is 12.1 Å². The van der Waals surface area contributed by atoms with Crippen LogP contribution in [0.5, 0.6) is 0 Å². The zero-order valence-electron chi connectivity index (χ0n) is 11.5. The number of allylic oxidation sites excluding steroid dienone is 1. The molecular weight excluding hydrogens is 282 g/mol. The van der Waals surface area contributed by atoms with Crippen molar-refractivity contribution in [2.75, 3.05) is 0 Å². The Bertz CT molecular complexity index is 845. The predicted octanol–water partition coefficient (Wildman–Crippen LogP) is 2.06. The number of fused-ring (bicyclic) bond motifs is 2. The van der Waals surface area contributed by atoms with Crippen LogP contribution in [0.1, 0.15) is 34.0 Å². The topological polar surface area (TPSA) is 76.4 Å².